The molecule has 0 aliphatic rings. The Balaban J connectivity index is 0.000000330. The lowest BCUT2D eigenvalue weighted by atomic mass is 10.1. The molecule has 2 rings (SSSR count). The fourth-order valence-electron chi connectivity index (χ4n) is 2.64. The zero-order valence-electron chi connectivity index (χ0n) is 17.3. The molecule has 0 unspecified atom stereocenters. The summed E-state index contributed by atoms with van der Waals surface area (Å²) in [6, 6.07) is 15.3. The van der Waals surface area contributed by atoms with Gasteiger partial charge < -0.3 is 20.4 Å². The summed E-state index contributed by atoms with van der Waals surface area (Å²) >= 11 is 5.40. The van der Waals surface area contributed by atoms with Gasteiger partial charge in [0, 0.05) is 13.1 Å². The molecule has 10 heteroatoms. The van der Waals surface area contributed by atoms with E-state index in [0.29, 0.717) is 12.1 Å². The van der Waals surface area contributed by atoms with Crippen LogP contribution in [-0.4, -0.2) is 65.0 Å². The number of benzene rings is 2. The molecule has 0 fully saturated rings. The Hall–Kier alpha value is -2.20. The van der Waals surface area contributed by atoms with Gasteiger partial charge in [0.05, 0.1) is 19.3 Å². The molecule has 2 aromatic carbocycles. The van der Waals surface area contributed by atoms with E-state index in [2.05, 4.69) is 5.32 Å². The number of halogens is 5. The van der Waals surface area contributed by atoms with Crippen molar-refractivity contribution >= 4 is 17.5 Å². The third-order valence-corrected chi connectivity index (χ3v) is 4.65. The van der Waals surface area contributed by atoms with E-state index in [-0.39, 0.29) is 6.54 Å². The number of alkyl halides is 5. The summed E-state index contributed by atoms with van der Waals surface area (Å²) in [6.07, 6.45) is -5.35. The Kier molecular flexibility index (Phi) is 13.5. The standard InChI is InChI=1S/C12H14ClF2NO2.C10H13F2NO/c13-6-11(18)16(10(8-17)12(14)15)7-9-4-2-1-3-5-9;11-10(12)9(7-14)13-6-8-4-2-1-3-5-8/h1-5,10,12,17H,6-8H2;1-5,9-10,13-14H,6-7H2/t10-;9-/m00/s1. The predicted molar refractivity (Wildman–Crippen MR) is 115 cm³/mol. The van der Waals surface area contributed by atoms with Crippen LogP contribution in [0.4, 0.5) is 17.6 Å². The first kappa shape index (κ1) is 27.8. The summed E-state index contributed by atoms with van der Waals surface area (Å²) in [7, 11) is 0. The van der Waals surface area contributed by atoms with E-state index in [9.17, 15) is 22.4 Å². The van der Waals surface area contributed by atoms with Crippen LogP contribution in [0.2, 0.25) is 0 Å². The van der Waals surface area contributed by atoms with Gasteiger partial charge in [-0.15, -0.1) is 11.6 Å². The number of aliphatic hydroxyl groups excluding tert-OH is 2. The van der Waals surface area contributed by atoms with Gasteiger partial charge in [-0.2, -0.15) is 0 Å². The average molecular weight is 479 g/mol. The molecule has 32 heavy (non-hydrogen) atoms. The highest BCUT2D eigenvalue weighted by atomic mass is 35.5. The Bertz CT molecular complexity index is 757. The van der Waals surface area contributed by atoms with Crippen LogP contribution in [0, 0.1) is 0 Å². The molecule has 0 saturated carbocycles. The van der Waals surface area contributed by atoms with E-state index in [1.54, 1.807) is 30.3 Å². The maximum atomic E-state index is 12.8. The SMILES string of the molecule is O=C(CCl)N(Cc1ccccc1)[C@@H](CO)C(F)F.OC[C@H](NCc1ccccc1)C(F)F. The van der Waals surface area contributed by atoms with Crippen molar-refractivity contribution in [3.8, 4) is 0 Å². The van der Waals surface area contributed by atoms with Crippen molar-refractivity contribution in [3.05, 3.63) is 71.8 Å². The van der Waals surface area contributed by atoms with Crippen molar-refractivity contribution in [1.82, 2.24) is 10.2 Å². The van der Waals surface area contributed by atoms with Crippen LogP contribution < -0.4 is 5.32 Å². The van der Waals surface area contributed by atoms with Gasteiger partial charge in [-0.3, -0.25) is 4.79 Å². The van der Waals surface area contributed by atoms with Crippen LogP contribution in [0.15, 0.2) is 60.7 Å². The van der Waals surface area contributed by atoms with Crippen molar-refractivity contribution in [1.29, 1.82) is 0 Å². The van der Waals surface area contributed by atoms with Crippen LogP contribution in [-0.2, 0) is 17.9 Å². The summed E-state index contributed by atoms with van der Waals surface area (Å²) in [4.78, 5) is 12.5. The van der Waals surface area contributed by atoms with Crippen LogP contribution in [0.1, 0.15) is 11.1 Å². The van der Waals surface area contributed by atoms with Gasteiger partial charge in [-0.05, 0) is 11.1 Å². The highest BCUT2D eigenvalue weighted by Crippen LogP contribution is 2.15. The zero-order valence-corrected chi connectivity index (χ0v) is 18.0. The Morgan fingerprint density at radius 3 is 1.81 bits per heavy atom. The van der Waals surface area contributed by atoms with Crippen LogP contribution in [0.5, 0.6) is 0 Å². The number of hydrogen-bond donors (Lipinski definition) is 3. The number of carbonyl (C=O) groups excluding carboxylic acids is 1. The third kappa shape index (κ3) is 9.95. The Morgan fingerprint density at radius 2 is 1.41 bits per heavy atom. The third-order valence-electron chi connectivity index (χ3n) is 4.42. The van der Waals surface area contributed by atoms with E-state index in [4.69, 9.17) is 21.8 Å². The summed E-state index contributed by atoms with van der Waals surface area (Å²) in [5, 5.41) is 20.2. The van der Waals surface area contributed by atoms with Gasteiger partial charge >= 0.3 is 0 Å². The predicted octanol–water partition coefficient (Wildman–Crippen LogP) is 3.28. The fraction of sp³-hybridized carbons (Fsp3) is 0.409. The molecular weight excluding hydrogens is 452 g/mol. The molecule has 0 aromatic heterocycles. The largest absolute Gasteiger partial charge is 0.395 e. The van der Waals surface area contributed by atoms with Crippen molar-refractivity contribution in [2.75, 3.05) is 19.1 Å². The lowest BCUT2D eigenvalue weighted by Crippen LogP contribution is -2.46. The molecule has 3 N–H and O–H groups in total. The molecule has 0 heterocycles. The molecule has 0 spiro atoms. The number of aliphatic hydroxyl groups is 2. The van der Waals surface area contributed by atoms with Gasteiger partial charge in [0.2, 0.25) is 5.91 Å². The summed E-state index contributed by atoms with van der Waals surface area (Å²) in [5.74, 6) is -1.02. The zero-order chi connectivity index (χ0) is 23.9. The number of nitrogens with zero attached hydrogens (tertiary/aromatic N) is 1. The van der Waals surface area contributed by atoms with E-state index < -0.39 is 49.9 Å². The molecule has 0 aliphatic heterocycles. The maximum Gasteiger partial charge on any atom is 0.260 e. The van der Waals surface area contributed by atoms with Crippen LogP contribution in [0.25, 0.3) is 0 Å². The highest BCUT2D eigenvalue weighted by molar-refractivity contribution is 6.27. The normalized spacial score (nSPS) is 12.8. The van der Waals surface area contributed by atoms with Crippen LogP contribution >= 0.6 is 11.6 Å². The molecule has 2 aromatic rings. The molecule has 178 valence electrons. The first-order valence-corrected chi connectivity index (χ1v) is 10.3. The first-order chi connectivity index (χ1) is 15.3. The molecule has 0 bridgehead atoms. The molecule has 2 atom stereocenters. The van der Waals surface area contributed by atoms with E-state index >= 15 is 0 Å². The molecule has 5 nitrogen and oxygen atoms in total. The maximum absolute atomic E-state index is 12.8. The quantitative estimate of drug-likeness (QED) is 0.342. The fourth-order valence-corrected chi connectivity index (χ4v) is 2.79. The second-order valence-corrected chi connectivity index (χ2v) is 6.98. The molecule has 0 saturated heterocycles. The van der Waals surface area contributed by atoms with Crippen molar-refractivity contribution in [2.24, 2.45) is 0 Å². The second-order valence-electron chi connectivity index (χ2n) is 6.72. The monoisotopic (exact) mass is 478 g/mol. The van der Waals surface area contributed by atoms with Gasteiger partial charge in [0.25, 0.3) is 12.9 Å². The first-order valence-electron chi connectivity index (χ1n) is 9.78. The average Bonchev–Trinajstić information content (AvgIpc) is 2.80. The Labute approximate surface area is 189 Å². The smallest absolute Gasteiger partial charge is 0.260 e. The van der Waals surface area contributed by atoms with Crippen LogP contribution in [0.3, 0.4) is 0 Å². The van der Waals surface area contributed by atoms with Crippen molar-refractivity contribution in [3.63, 3.8) is 0 Å². The van der Waals surface area contributed by atoms with E-state index in [1.165, 1.54) is 0 Å². The summed E-state index contributed by atoms with van der Waals surface area (Å²) in [6.45, 7) is -1.00. The van der Waals surface area contributed by atoms with Gasteiger partial charge in [-0.1, -0.05) is 60.7 Å². The highest BCUT2D eigenvalue weighted by Gasteiger charge is 2.30. The summed E-state index contributed by atoms with van der Waals surface area (Å²) in [5.41, 5.74) is 1.63. The summed E-state index contributed by atoms with van der Waals surface area (Å²) < 4.78 is 49.9. The van der Waals surface area contributed by atoms with Gasteiger partial charge in [0.15, 0.2) is 0 Å². The minimum Gasteiger partial charge on any atom is -0.395 e. The number of rotatable bonds is 11. The number of nitrogens with one attached hydrogen (secondary N) is 1. The Morgan fingerprint density at radius 1 is 0.875 bits per heavy atom. The lowest BCUT2D eigenvalue weighted by molar-refractivity contribution is -0.137. The van der Waals surface area contributed by atoms with Crippen molar-refractivity contribution < 1.29 is 32.6 Å². The molecule has 0 radical (unpaired) electrons. The number of amides is 1. The minimum absolute atomic E-state index is 0.00194. The molecule has 1 amide bonds. The van der Waals surface area contributed by atoms with Gasteiger partial charge in [0.1, 0.15) is 11.9 Å². The van der Waals surface area contributed by atoms with E-state index in [1.807, 2.05) is 30.3 Å². The van der Waals surface area contributed by atoms with Crippen molar-refractivity contribution in [2.45, 2.75) is 38.0 Å². The topological polar surface area (TPSA) is 72.8 Å². The molecule has 0 aliphatic carbocycles. The minimum atomic E-state index is -2.81. The van der Waals surface area contributed by atoms with E-state index in [0.717, 1.165) is 10.5 Å². The number of carbonyl (C=O) groups is 1. The second kappa shape index (κ2) is 15.6. The lowest BCUT2D eigenvalue weighted by Gasteiger charge is -2.29. The molecular formula is C22H27ClF4N2O3. The number of hydrogen-bond acceptors (Lipinski definition) is 4. The van der Waals surface area contributed by atoms with Gasteiger partial charge in [-0.25, -0.2) is 17.6 Å².